The fraction of sp³-hybridized carbons (Fsp3) is 0.519. The first-order valence-corrected chi connectivity index (χ1v) is 13.5. The number of piperidine rings is 2. The molecule has 0 aliphatic carbocycles. The maximum absolute atomic E-state index is 13.1. The van der Waals surface area contributed by atoms with Crippen molar-refractivity contribution in [3.05, 3.63) is 46.6 Å². The second kappa shape index (κ2) is 10.5. The highest BCUT2D eigenvalue weighted by molar-refractivity contribution is 7.18. The number of carbonyl (C=O) groups is 1. The predicted octanol–water partition coefficient (Wildman–Crippen LogP) is 4.31. The monoisotopic (exact) mass is 493 g/mol. The molecule has 2 aliphatic rings. The van der Waals surface area contributed by atoms with E-state index in [0.717, 1.165) is 74.8 Å². The van der Waals surface area contributed by atoms with Crippen molar-refractivity contribution in [3.63, 3.8) is 0 Å². The molecule has 8 heteroatoms. The molecule has 2 saturated heterocycles. The Morgan fingerprint density at radius 2 is 1.83 bits per heavy atom. The molecule has 0 atom stereocenters. The van der Waals surface area contributed by atoms with Crippen LogP contribution in [0.3, 0.4) is 0 Å². The molecular weight excluding hydrogens is 458 g/mol. The number of aromatic nitrogens is 2. The van der Waals surface area contributed by atoms with Crippen LogP contribution in [0.5, 0.6) is 5.75 Å². The maximum atomic E-state index is 13.1. The van der Waals surface area contributed by atoms with Gasteiger partial charge in [-0.25, -0.2) is 9.97 Å². The van der Waals surface area contributed by atoms with Crippen molar-refractivity contribution in [2.24, 2.45) is 5.92 Å². The lowest BCUT2D eigenvalue weighted by Crippen LogP contribution is -2.48. The van der Waals surface area contributed by atoms with Crippen LogP contribution < -0.4 is 15.0 Å². The number of ether oxygens (including phenoxy) is 1. The van der Waals surface area contributed by atoms with Gasteiger partial charge in [-0.3, -0.25) is 9.69 Å². The second-order valence-electron chi connectivity index (χ2n) is 9.79. The van der Waals surface area contributed by atoms with Crippen LogP contribution in [0.2, 0.25) is 0 Å². The van der Waals surface area contributed by atoms with Gasteiger partial charge in [0.15, 0.2) is 0 Å². The first kappa shape index (κ1) is 24.0. The standard InChI is InChI=1S/C27H35N5O2S/c1-18-19(2)35-27-24(18)25(28-17-29-27)32-14-8-20(9-15-32)26(33)30-22-10-12-31(13-11-22)16-21-6-4-5-7-23(21)34-3/h4-7,17,20,22H,8-16H2,1-3H3,(H,30,33). The van der Waals surface area contributed by atoms with E-state index in [1.165, 1.54) is 21.4 Å². The number of methoxy groups -OCH3 is 1. The fourth-order valence-corrected chi connectivity index (χ4v) is 6.38. The average Bonchev–Trinajstić information content (AvgIpc) is 3.19. The number of hydrogen-bond acceptors (Lipinski definition) is 7. The number of nitrogens with one attached hydrogen (secondary N) is 1. The minimum atomic E-state index is 0.0838. The Kier molecular flexibility index (Phi) is 7.20. The zero-order valence-electron chi connectivity index (χ0n) is 20.9. The van der Waals surface area contributed by atoms with E-state index in [1.807, 2.05) is 12.1 Å². The minimum Gasteiger partial charge on any atom is -0.496 e. The van der Waals surface area contributed by atoms with Crippen molar-refractivity contribution in [1.29, 1.82) is 0 Å². The zero-order valence-corrected chi connectivity index (χ0v) is 21.7. The number of fused-ring (bicyclic) bond motifs is 1. The third kappa shape index (κ3) is 5.14. The summed E-state index contributed by atoms with van der Waals surface area (Å²) in [7, 11) is 1.73. The van der Waals surface area contributed by atoms with Crippen LogP contribution in [0.1, 0.15) is 41.7 Å². The van der Waals surface area contributed by atoms with Crippen LogP contribution in [-0.2, 0) is 11.3 Å². The number of amides is 1. The zero-order chi connectivity index (χ0) is 24.4. The van der Waals surface area contributed by atoms with Crippen molar-refractivity contribution in [2.75, 3.05) is 38.2 Å². The van der Waals surface area contributed by atoms with Crippen molar-refractivity contribution >= 4 is 33.3 Å². The Hall–Kier alpha value is -2.71. The summed E-state index contributed by atoms with van der Waals surface area (Å²) in [6.07, 6.45) is 5.40. The summed E-state index contributed by atoms with van der Waals surface area (Å²) >= 11 is 1.73. The predicted molar refractivity (Wildman–Crippen MR) is 141 cm³/mol. The highest BCUT2D eigenvalue weighted by Gasteiger charge is 2.29. The van der Waals surface area contributed by atoms with E-state index < -0.39 is 0 Å². The Labute approximate surface area is 211 Å². The SMILES string of the molecule is COc1ccccc1CN1CCC(NC(=O)C2CCN(c3ncnc4sc(C)c(C)c34)CC2)CC1. The highest BCUT2D eigenvalue weighted by atomic mass is 32.1. The van der Waals surface area contributed by atoms with Crippen molar-refractivity contribution in [3.8, 4) is 5.75 Å². The number of nitrogens with zero attached hydrogens (tertiary/aromatic N) is 4. The number of para-hydroxylation sites is 1. The molecule has 0 spiro atoms. The molecule has 2 aromatic heterocycles. The van der Waals surface area contributed by atoms with E-state index in [0.29, 0.717) is 0 Å². The molecule has 3 aromatic rings. The Morgan fingerprint density at radius 1 is 1.09 bits per heavy atom. The quantitative estimate of drug-likeness (QED) is 0.552. The van der Waals surface area contributed by atoms with Gasteiger partial charge < -0.3 is 15.0 Å². The summed E-state index contributed by atoms with van der Waals surface area (Å²) in [4.78, 5) is 29.3. The molecule has 1 aromatic carbocycles. The molecule has 0 radical (unpaired) electrons. The maximum Gasteiger partial charge on any atom is 0.223 e. The molecule has 5 rings (SSSR count). The van der Waals surface area contributed by atoms with Crippen LogP contribution in [0, 0.1) is 19.8 Å². The first-order chi connectivity index (χ1) is 17.0. The van der Waals surface area contributed by atoms with E-state index in [1.54, 1.807) is 24.8 Å². The molecule has 2 fully saturated rings. The van der Waals surface area contributed by atoms with Gasteiger partial charge in [0.2, 0.25) is 5.91 Å². The molecule has 35 heavy (non-hydrogen) atoms. The van der Waals surface area contributed by atoms with Gasteiger partial charge in [0.1, 0.15) is 22.7 Å². The minimum absolute atomic E-state index is 0.0838. The molecule has 2 aliphatic heterocycles. The molecule has 1 N–H and O–H groups in total. The molecule has 0 saturated carbocycles. The van der Waals surface area contributed by atoms with Crippen LogP contribution in [0.4, 0.5) is 5.82 Å². The smallest absolute Gasteiger partial charge is 0.223 e. The first-order valence-electron chi connectivity index (χ1n) is 12.6. The van der Waals surface area contributed by atoms with Crippen LogP contribution in [0.15, 0.2) is 30.6 Å². The molecule has 4 heterocycles. The van der Waals surface area contributed by atoms with E-state index in [4.69, 9.17) is 4.74 Å². The number of likely N-dealkylation sites (tertiary alicyclic amines) is 1. The number of thiophene rings is 1. The molecule has 7 nitrogen and oxygen atoms in total. The van der Waals surface area contributed by atoms with Crippen molar-refractivity contribution in [1.82, 2.24) is 20.2 Å². The summed E-state index contributed by atoms with van der Waals surface area (Å²) in [6.45, 7) is 8.89. The second-order valence-corrected chi connectivity index (χ2v) is 11.0. The summed E-state index contributed by atoms with van der Waals surface area (Å²) in [6, 6.07) is 8.49. The van der Waals surface area contributed by atoms with Crippen LogP contribution in [-0.4, -0.2) is 60.1 Å². The lowest BCUT2D eigenvalue weighted by molar-refractivity contribution is -0.126. The van der Waals surface area contributed by atoms with Gasteiger partial charge in [-0.15, -0.1) is 11.3 Å². The lowest BCUT2D eigenvalue weighted by atomic mass is 9.94. The normalized spacial score (nSPS) is 18.2. The third-order valence-corrected chi connectivity index (χ3v) is 8.75. The average molecular weight is 494 g/mol. The molecule has 1 amide bonds. The number of aryl methyl sites for hydroxylation is 2. The largest absolute Gasteiger partial charge is 0.496 e. The number of benzene rings is 1. The van der Waals surface area contributed by atoms with Gasteiger partial charge in [-0.05, 0) is 51.2 Å². The highest BCUT2D eigenvalue weighted by Crippen LogP contribution is 2.35. The Morgan fingerprint density at radius 3 is 2.57 bits per heavy atom. The van der Waals surface area contributed by atoms with Gasteiger partial charge in [0.25, 0.3) is 0 Å². The summed E-state index contributed by atoms with van der Waals surface area (Å²) in [5, 5.41) is 4.54. The van der Waals surface area contributed by atoms with Gasteiger partial charge in [0, 0.05) is 55.1 Å². The third-order valence-electron chi connectivity index (χ3n) is 7.63. The van der Waals surface area contributed by atoms with E-state index in [2.05, 4.69) is 51.1 Å². The number of anilines is 1. The summed E-state index contributed by atoms with van der Waals surface area (Å²) in [5.74, 6) is 2.28. The van der Waals surface area contributed by atoms with Crippen LogP contribution >= 0.6 is 11.3 Å². The van der Waals surface area contributed by atoms with Gasteiger partial charge in [-0.2, -0.15) is 0 Å². The fourth-order valence-electron chi connectivity index (χ4n) is 5.39. The van der Waals surface area contributed by atoms with Gasteiger partial charge in [0.05, 0.1) is 12.5 Å². The van der Waals surface area contributed by atoms with E-state index in [9.17, 15) is 4.79 Å². The number of carbonyl (C=O) groups excluding carboxylic acids is 1. The number of rotatable bonds is 6. The van der Waals surface area contributed by atoms with E-state index in [-0.39, 0.29) is 17.9 Å². The van der Waals surface area contributed by atoms with Crippen LogP contribution in [0.25, 0.3) is 10.2 Å². The topological polar surface area (TPSA) is 70.6 Å². The molecule has 0 bridgehead atoms. The Bertz CT molecular complexity index is 1180. The van der Waals surface area contributed by atoms with Crippen molar-refractivity contribution in [2.45, 2.75) is 52.1 Å². The van der Waals surface area contributed by atoms with Crippen molar-refractivity contribution < 1.29 is 9.53 Å². The molecule has 186 valence electrons. The summed E-state index contributed by atoms with van der Waals surface area (Å²) in [5.41, 5.74) is 2.50. The lowest BCUT2D eigenvalue weighted by Gasteiger charge is -2.35. The Balaban J connectivity index is 1.11. The number of hydrogen-bond donors (Lipinski definition) is 1. The van der Waals surface area contributed by atoms with Gasteiger partial charge >= 0.3 is 0 Å². The molecule has 0 unspecified atom stereocenters. The summed E-state index contributed by atoms with van der Waals surface area (Å²) < 4.78 is 5.50. The van der Waals surface area contributed by atoms with Gasteiger partial charge in [-0.1, -0.05) is 18.2 Å². The molecular formula is C27H35N5O2S. The van der Waals surface area contributed by atoms with E-state index >= 15 is 0 Å².